The molecule has 4 heterocycles. The molecule has 0 unspecified atom stereocenters. The maximum absolute atomic E-state index is 2.51. The fourth-order valence-corrected chi connectivity index (χ4v) is 28.8. The Morgan fingerprint density at radius 1 is 0.238 bits per heavy atom. The summed E-state index contributed by atoms with van der Waals surface area (Å²) in [6, 6.07) is 114. The molecule has 4 nitrogen and oxygen atoms in total. The van der Waals surface area contributed by atoms with Crippen LogP contribution in [0.2, 0.25) is 38.3 Å². The number of hydrogen-bond acceptors (Lipinski definition) is 4. The summed E-state index contributed by atoms with van der Waals surface area (Å²) in [5, 5.41) is 28.2. The number of para-hydroxylation sites is 1. The molecular formula is C94H84N4Si3. The predicted octanol–water partition coefficient (Wildman–Crippen LogP) is 21.7. The highest BCUT2D eigenvalue weighted by Gasteiger charge is 2.44. The van der Waals surface area contributed by atoms with Crippen molar-refractivity contribution < 1.29 is 0 Å². The van der Waals surface area contributed by atoms with E-state index in [4.69, 9.17) is 0 Å². The fraction of sp³-hybridized carbons (Fsp3) is 0.128. The maximum Gasteiger partial charge on any atom is 0.123 e. The molecule has 0 N–H and O–H groups in total. The lowest BCUT2D eigenvalue weighted by molar-refractivity contribution is 1.20. The largest absolute Gasteiger partial charge is 0.345 e. The molecule has 0 fully saturated rings. The van der Waals surface area contributed by atoms with Gasteiger partial charge in [0.1, 0.15) is 24.2 Å². The van der Waals surface area contributed by atoms with Crippen molar-refractivity contribution >= 4 is 176 Å². The van der Waals surface area contributed by atoms with Crippen LogP contribution in [0.1, 0.15) is 13.8 Å². The van der Waals surface area contributed by atoms with E-state index in [1.165, 1.54) is 176 Å². The van der Waals surface area contributed by atoms with E-state index in [2.05, 4.69) is 391 Å². The van der Waals surface area contributed by atoms with Gasteiger partial charge in [0.15, 0.2) is 0 Å². The van der Waals surface area contributed by atoms with Gasteiger partial charge in [0.05, 0.1) is 0 Å². The van der Waals surface area contributed by atoms with Gasteiger partial charge in [-0.1, -0.05) is 313 Å². The number of rotatable bonds is 2. The van der Waals surface area contributed by atoms with E-state index in [9.17, 15) is 0 Å². The quantitative estimate of drug-likeness (QED) is 0.160. The van der Waals surface area contributed by atoms with Gasteiger partial charge in [0.25, 0.3) is 0 Å². The summed E-state index contributed by atoms with van der Waals surface area (Å²) in [5.41, 5.74) is 16.1. The number of fused-ring (bicyclic) bond motifs is 21. The van der Waals surface area contributed by atoms with Crippen LogP contribution in [-0.2, 0) is 0 Å². The van der Waals surface area contributed by atoms with Gasteiger partial charge in [-0.15, -0.1) is 0 Å². The Bertz CT molecular complexity index is 5860. The Morgan fingerprint density at radius 2 is 0.564 bits per heavy atom. The summed E-state index contributed by atoms with van der Waals surface area (Å²) >= 11 is 0. The third-order valence-electron chi connectivity index (χ3n) is 23.3. The predicted molar refractivity (Wildman–Crippen MR) is 450 cm³/mol. The van der Waals surface area contributed by atoms with Crippen LogP contribution in [0, 0.1) is 0 Å². The van der Waals surface area contributed by atoms with E-state index in [0.29, 0.717) is 0 Å². The highest BCUT2D eigenvalue weighted by atomic mass is 28.3. The van der Waals surface area contributed by atoms with Gasteiger partial charge < -0.3 is 19.6 Å². The van der Waals surface area contributed by atoms with E-state index in [0.717, 1.165) is 0 Å². The van der Waals surface area contributed by atoms with Crippen LogP contribution in [0.25, 0.3) is 97.7 Å². The zero-order valence-corrected chi connectivity index (χ0v) is 62.6. The average molecular weight is 1350 g/mol. The highest BCUT2D eigenvalue weighted by molar-refractivity contribution is 7.06. The molecule has 20 rings (SSSR count). The Kier molecular flexibility index (Phi) is 15.6. The van der Waals surface area contributed by atoms with Crippen molar-refractivity contribution in [2.45, 2.75) is 52.1 Å². The van der Waals surface area contributed by atoms with Gasteiger partial charge >= 0.3 is 0 Å². The summed E-state index contributed by atoms with van der Waals surface area (Å²) in [4.78, 5) is 9.55. The molecule has 0 aromatic heterocycles. The zero-order chi connectivity index (χ0) is 69.1. The molecule has 4 aliphatic rings. The molecule has 101 heavy (non-hydrogen) atoms. The zero-order valence-electron chi connectivity index (χ0n) is 59.6. The molecule has 7 heteroatoms. The van der Waals surface area contributed by atoms with Crippen LogP contribution in [0.15, 0.2) is 303 Å². The van der Waals surface area contributed by atoms with Crippen molar-refractivity contribution in [3.05, 3.63) is 303 Å². The topological polar surface area (TPSA) is 13.0 Å². The lowest BCUT2D eigenvalue weighted by Gasteiger charge is -2.43. The standard InChI is InChI=1S/C25H25NSi.2C23H21NSi.C23H17N/c1-4-27(5-2)24-17-20-12-7-6-11-19(20)16-23(24)26(3)22-15-14-18-10-8-9-13-21(18)25(22)27;1-24-20-12-16-8-4-6-10-18(16)14-22(20)25(2,3)23-15-19-11-7-5-9-17(19)13-21(23)24;1-24-20-14-17-9-4-5-10-18(17)15-22(20)25(2,3)21-13-12-16-8-6-7-11-19(16)23(21)24;1-24-21-13-7-6-11-19(21)18-10-4-5-12-20(18)23-17-9-3-2-8-16(17)14-15-22(23)24/h6-17H,4-5H2,1-3H3;2*4-15H,1-3H3;2-15H,1H3. The van der Waals surface area contributed by atoms with E-state index in [-0.39, 0.29) is 0 Å². The second kappa shape index (κ2) is 24.8. The van der Waals surface area contributed by atoms with Gasteiger partial charge in [-0.25, -0.2) is 0 Å². The van der Waals surface area contributed by atoms with Gasteiger partial charge in [-0.3, -0.25) is 0 Å². The van der Waals surface area contributed by atoms with E-state index < -0.39 is 24.2 Å². The maximum atomic E-state index is 2.51. The SMILES string of the molecule is CC[Si]1(CC)c2cc3ccccc3cc2N(C)c2ccc3ccccc3c21.CN1c2cc3ccccc3cc2[Si](C)(C)c2cc3ccccc3cc21.CN1c2cc3ccccc3cc2[Si](C)(C)c2ccc3ccccc3c21.CN1c2ccccc2-c2ccccc2-c2c1ccc1ccccc21. The van der Waals surface area contributed by atoms with Crippen LogP contribution in [0.4, 0.5) is 45.5 Å². The van der Waals surface area contributed by atoms with E-state index in [1.54, 1.807) is 10.4 Å². The van der Waals surface area contributed by atoms with E-state index in [1.807, 2.05) is 0 Å². The summed E-state index contributed by atoms with van der Waals surface area (Å²) in [7, 11) is 3.51. The normalized spacial score (nSPS) is 14.5. The molecule has 0 atom stereocenters. The molecule has 492 valence electrons. The average Bonchev–Trinajstić information content (AvgIpc) is 1.47. The third kappa shape index (κ3) is 10.3. The Labute approximate surface area is 597 Å². The van der Waals surface area contributed by atoms with Crippen LogP contribution in [0.3, 0.4) is 0 Å². The van der Waals surface area contributed by atoms with Gasteiger partial charge in [-0.05, 0) is 155 Å². The molecular weight excluding hydrogens is 1270 g/mol. The lowest BCUT2D eigenvalue weighted by atomic mass is 9.91. The minimum atomic E-state index is -1.84. The highest BCUT2D eigenvalue weighted by Crippen LogP contribution is 2.50. The van der Waals surface area contributed by atoms with Crippen LogP contribution in [-0.4, -0.2) is 52.4 Å². The summed E-state index contributed by atoms with van der Waals surface area (Å²) in [6.07, 6.45) is 0. The Hall–Kier alpha value is -10.8. The van der Waals surface area contributed by atoms with Crippen molar-refractivity contribution in [1.82, 2.24) is 0 Å². The van der Waals surface area contributed by atoms with Crippen molar-refractivity contribution in [3.8, 4) is 22.3 Å². The van der Waals surface area contributed by atoms with Crippen LogP contribution >= 0.6 is 0 Å². The first-order valence-electron chi connectivity index (χ1n) is 36.0. The second-order valence-corrected chi connectivity index (χ2v) is 42.5. The number of anilines is 8. The lowest BCUT2D eigenvalue weighted by Crippen LogP contribution is -2.62. The van der Waals surface area contributed by atoms with Gasteiger partial charge in [-0.2, -0.15) is 0 Å². The van der Waals surface area contributed by atoms with Crippen LogP contribution < -0.4 is 50.7 Å². The summed E-state index contributed by atoms with van der Waals surface area (Å²) in [5.74, 6) is 0. The van der Waals surface area contributed by atoms with Crippen molar-refractivity contribution in [3.63, 3.8) is 0 Å². The summed E-state index contributed by atoms with van der Waals surface area (Å²) in [6.45, 7) is 14.8. The molecule has 0 aliphatic carbocycles. The smallest absolute Gasteiger partial charge is 0.123 e. The summed E-state index contributed by atoms with van der Waals surface area (Å²) < 4.78 is 0. The number of nitrogens with zero attached hydrogens (tertiary/aromatic N) is 4. The van der Waals surface area contributed by atoms with Gasteiger partial charge in [0, 0.05) is 90.2 Å². The van der Waals surface area contributed by atoms with Crippen molar-refractivity contribution in [2.24, 2.45) is 0 Å². The van der Waals surface area contributed by atoms with Crippen LogP contribution in [0.5, 0.6) is 0 Å². The third-order valence-corrected chi connectivity index (χ3v) is 35.6. The first kappa shape index (κ1) is 63.6. The minimum absolute atomic E-state index is 1.24. The first-order valence-corrected chi connectivity index (χ1v) is 44.4. The molecule has 0 radical (unpaired) electrons. The molecule has 0 amide bonds. The number of benzene rings is 16. The first-order chi connectivity index (χ1) is 49.2. The molecule has 16 aromatic carbocycles. The number of hydrogen-bond donors (Lipinski definition) is 0. The van der Waals surface area contributed by atoms with Crippen molar-refractivity contribution in [2.75, 3.05) is 47.8 Å². The Balaban J connectivity index is 0.000000100. The van der Waals surface area contributed by atoms with E-state index >= 15 is 0 Å². The van der Waals surface area contributed by atoms with Gasteiger partial charge in [0.2, 0.25) is 0 Å². The minimum Gasteiger partial charge on any atom is -0.345 e. The molecule has 0 saturated heterocycles. The fourth-order valence-electron chi connectivity index (χ4n) is 17.7. The monoisotopic (exact) mass is 1350 g/mol. The Morgan fingerprint density at radius 3 is 1.07 bits per heavy atom. The molecule has 0 spiro atoms. The van der Waals surface area contributed by atoms with Crippen molar-refractivity contribution in [1.29, 1.82) is 0 Å². The molecule has 0 saturated carbocycles. The molecule has 4 aliphatic heterocycles. The second-order valence-electron chi connectivity index (χ2n) is 29.2. The molecule has 16 aromatic rings. The molecule has 0 bridgehead atoms.